The Morgan fingerprint density at radius 1 is 1.55 bits per heavy atom. The molecule has 0 saturated carbocycles. The summed E-state index contributed by atoms with van der Waals surface area (Å²) in [6.45, 7) is 4.75. The fourth-order valence-electron chi connectivity index (χ4n) is 2.58. The van der Waals surface area contributed by atoms with Crippen molar-refractivity contribution in [1.29, 1.82) is 0 Å². The van der Waals surface area contributed by atoms with Gasteiger partial charge >= 0.3 is 0 Å². The average molecular weight is 293 g/mol. The molecule has 0 bridgehead atoms. The Kier molecular flexibility index (Phi) is 4.57. The Bertz CT molecular complexity index is 602. The maximum atomic E-state index is 11.8. The standard InChI is InChI=1S/C14H19N3O2S/c1-3-10-12(14-16-5-8-20-14)11(13(15)19)9(2)17(10)6-4-7-18/h5,8,18H,3-4,6-7H2,1-2H3,(H2,15,19). The Morgan fingerprint density at radius 3 is 2.80 bits per heavy atom. The van der Waals surface area contributed by atoms with E-state index in [0.717, 1.165) is 28.4 Å². The number of thiazole rings is 1. The third-order valence-corrected chi connectivity index (χ3v) is 4.19. The highest BCUT2D eigenvalue weighted by molar-refractivity contribution is 7.13. The van der Waals surface area contributed by atoms with Crippen molar-refractivity contribution in [1.82, 2.24) is 9.55 Å². The van der Waals surface area contributed by atoms with Crippen molar-refractivity contribution in [2.45, 2.75) is 33.2 Å². The third kappa shape index (κ3) is 2.48. The molecule has 20 heavy (non-hydrogen) atoms. The van der Waals surface area contributed by atoms with Gasteiger partial charge in [0.2, 0.25) is 0 Å². The van der Waals surface area contributed by atoms with Gasteiger partial charge in [-0.1, -0.05) is 6.92 Å². The van der Waals surface area contributed by atoms with Crippen LogP contribution in [0.2, 0.25) is 0 Å². The molecule has 0 atom stereocenters. The number of aliphatic hydroxyl groups excluding tert-OH is 1. The van der Waals surface area contributed by atoms with Crippen LogP contribution in [0.5, 0.6) is 0 Å². The van der Waals surface area contributed by atoms with Gasteiger partial charge in [-0.25, -0.2) is 4.98 Å². The number of carbonyl (C=O) groups excluding carboxylic acids is 1. The number of nitrogens with zero attached hydrogens (tertiary/aromatic N) is 2. The number of aliphatic hydroxyl groups is 1. The Labute approximate surface area is 122 Å². The predicted octanol–water partition coefficient (Wildman–Crippen LogP) is 1.96. The fourth-order valence-corrected chi connectivity index (χ4v) is 3.29. The second-order valence-electron chi connectivity index (χ2n) is 4.57. The molecule has 3 N–H and O–H groups in total. The lowest BCUT2D eigenvalue weighted by molar-refractivity contribution is 0.1000. The van der Waals surface area contributed by atoms with Gasteiger partial charge in [0.1, 0.15) is 5.01 Å². The van der Waals surface area contributed by atoms with Crippen molar-refractivity contribution in [2.75, 3.05) is 6.61 Å². The number of hydrogen-bond donors (Lipinski definition) is 2. The van der Waals surface area contributed by atoms with E-state index in [2.05, 4.69) is 9.55 Å². The van der Waals surface area contributed by atoms with Crippen molar-refractivity contribution in [2.24, 2.45) is 5.73 Å². The number of rotatable bonds is 6. The third-order valence-electron chi connectivity index (χ3n) is 3.40. The molecule has 6 heteroatoms. The maximum absolute atomic E-state index is 11.8. The zero-order valence-electron chi connectivity index (χ0n) is 11.7. The van der Waals surface area contributed by atoms with Crippen LogP contribution in [0.15, 0.2) is 11.6 Å². The number of aromatic nitrogens is 2. The van der Waals surface area contributed by atoms with Crippen LogP contribution in [-0.4, -0.2) is 27.2 Å². The summed E-state index contributed by atoms with van der Waals surface area (Å²) in [6, 6.07) is 0. The van der Waals surface area contributed by atoms with E-state index in [-0.39, 0.29) is 6.61 Å². The lowest BCUT2D eigenvalue weighted by Gasteiger charge is -2.10. The first-order valence-corrected chi connectivity index (χ1v) is 7.52. The minimum absolute atomic E-state index is 0.124. The Balaban J connectivity index is 2.66. The summed E-state index contributed by atoms with van der Waals surface area (Å²) in [5.74, 6) is -0.426. The SMILES string of the molecule is CCc1c(-c2nccs2)c(C(N)=O)c(C)n1CCCO. The molecule has 0 saturated heterocycles. The summed E-state index contributed by atoms with van der Waals surface area (Å²) in [6.07, 6.45) is 3.16. The molecule has 0 unspecified atom stereocenters. The molecule has 0 fully saturated rings. The van der Waals surface area contributed by atoms with Crippen LogP contribution in [0, 0.1) is 6.92 Å². The Hall–Kier alpha value is -1.66. The summed E-state index contributed by atoms with van der Waals surface area (Å²) in [5, 5.41) is 11.7. The smallest absolute Gasteiger partial charge is 0.251 e. The minimum atomic E-state index is -0.426. The van der Waals surface area contributed by atoms with E-state index in [4.69, 9.17) is 10.8 Å². The van der Waals surface area contributed by atoms with Crippen LogP contribution in [0.25, 0.3) is 10.6 Å². The first-order chi connectivity index (χ1) is 9.61. The van der Waals surface area contributed by atoms with E-state index in [1.165, 1.54) is 11.3 Å². The first kappa shape index (κ1) is 14.7. The number of primary amides is 1. The molecule has 1 amide bonds. The Morgan fingerprint density at radius 2 is 2.30 bits per heavy atom. The van der Waals surface area contributed by atoms with E-state index in [1.54, 1.807) is 6.20 Å². The zero-order valence-corrected chi connectivity index (χ0v) is 12.5. The van der Waals surface area contributed by atoms with Crippen LogP contribution in [0.3, 0.4) is 0 Å². The van der Waals surface area contributed by atoms with Gasteiger partial charge in [-0.15, -0.1) is 11.3 Å². The molecular weight excluding hydrogens is 274 g/mol. The van der Waals surface area contributed by atoms with Crippen molar-refractivity contribution in [3.63, 3.8) is 0 Å². The average Bonchev–Trinajstić information content (AvgIpc) is 3.01. The van der Waals surface area contributed by atoms with E-state index in [9.17, 15) is 4.79 Å². The molecule has 5 nitrogen and oxygen atoms in total. The van der Waals surface area contributed by atoms with Crippen molar-refractivity contribution < 1.29 is 9.90 Å². The molecule has 0 aliphatic carbocycles. The molecule has 2 aromatic rings. The molecular formula is C14H19N3O2S. The molecule has 108 valence electrons. The van der Waals surface area contributed by atoms with E-state index >= 15 is 0 Å². The quantitative estimate of drug-likeness (QED) is 0.854. The molecule has 0 aromatic carbocycles. The molecule has 2 aromatic heterocycles. The van der Waals surface area contributed by atoms with Gasteiger partial charge in [0.25, 0.3) is 5.91 Å². The number of carbonyl (C=O) groups is 1. The van der Waals surface area contributed by atoms with Crippen molar-refractivity contribution >= 4 is 17.2 Å². The molecule has 0 aliphatic heterocycles. The second kappa shape index (κ2) is 6.19. The second-order valence-corrected chi connectivity index (χ2v) is 5.46. The fraction of sp³-hybridized carbons (Fsp3) is 0.429. The molecule has 0 spiro atoms. The van der Waals surface area contributed by atoms with E-state index < -0.39 is 5.91 Å². The summed E-state index contributed by atoms with van der Waals surface area (Å²) >= 11 is 1.50. The number of hydrogen-bond acceptors (Lipinski definition) is 4. The molecule has 0 radical (unpaired) electrons. The summed E-state index contributed by atoms with van der Waals surface area (Å²) in [5.41, 5.74) is 8.88. The number of nitrogens with two attached hydrogens (primary N) is 1. The van der Waals surface area contributed by atoms with Gasteiger partial charge in [-0.3, -0.25) is 4.79 Å². The highest BCUT2D eigenvalue weighted by Gasteiger charge is 2.24. The van der Waals surface area contributed by atoms with Crippen LogP contribution in [-0.2, 0) is 13.0 Å². The maximum Gasteiger partial charge on any atom is 0.251 e. The van der Waals surface area contributed by atoms with E-state index in [0.29, 0.717) is 18.5 Å². The topological polar surface area (TPSA) is 81.1 Å². The van der Waals surface area contributed by atoms with Crippen LogP contribution in [0.4, 0.5) is 0 Å². The molecule has 2 heterocycles. The lowest BCUT2D eigenvalue weighted by atomic mass is 10.1. The largest absolute Gasteiger partial charge is 0.396 e. The van der Waals surface area contributed by atoms with Crippen LogP contribution >= 0.6 is 11.3 Å². The summed E-state index contributed by atoms with van der Waals surface area (Å²) < 4.78 is 2.08. The van der Waals surface area contributed by atoms with E-state index in [1.807, 2.05) is 19.2 Å². The number of amides is 1. The summed E-state index contributed by atoms with van der Waals surface area (Å²) in [4.78, 5) is 16.2. The van der Waals surface area contributed by atoms with Crippen LogP contribution in [0.1, 0.15) is 35.1 Å². The monoisotopic (exact) mass is 293 g/mol. The van der Waals surface area contributed by atoms with Gasteiger partial charge in [0, 0.05) is 41.7 Å². The highest BCUT2D eigenvalue weighted by Crippen LogP contribution is 2.34. The van der Waals surface area contributed by atoms with Gasteiger partial charge in [-0.05, 0) is 19.8 Å². The van der Waals surface area contributed by atoms with Crippen molar-refractivity contribution in [3.8, 4) is 10.6 Å². The van der Waals surface area contributed by atoms with Gasteiger partial charge in [0.15, 0.2) is 0 Å². The zero-order chi connectivity index (χ0) is 14.7. The molecule has 2 rings (SSSR count). The lowest BCUT2D eigenvalue weighted by Crippen LogP contribution is -2.13. The predicted molar refractivity (Wildman–Crippen MR) is 79.9 cm³/mol. The highest BCUT2D eigenvalue weighted by atomic mass is 32.1. The normalized spacial score (nSPS) is 10.9. The van der Waals surface area contributed by atoms with Crippen LogP contribution < -0.4 is 5.73 Å². The van der Waals surface area contributed by atoms with Gasteiger partial charge in [-0.2, -0.15) is 0 Å². The first-order valence-electron chi connectivity index (χ1n) is 6.64. The van der Waals surface area contributed by atoms with Gasteiger partial charge in [0.05, 0.1) is 5.56 Å². The van der Waals surface area contributed by atoms with Gasteiger partial charge < -0.3 is 15.4 Å². The minimum Gasteiger partial charge on any atom is -0.396 e. The van der Waals surface area contributed by atoms with Crippen molar-refractivity contribution in [3.05, 3.63) is 28.5 Å². The molecule has 0 aliphatic rings. The summed E-state index contributed by atoms with van der Waals surface area (Å²) in [7, 11) is 0.